The first-order valence-electron chi connectivity index (χ1n) is 10.9. The Hall–Kier alpha value is -3.01. The van der Waals surface area contributed by atoms with Crippen LogP contribution in [0, 0.1) is 19.7 Å². The van der Waals surface area contributed by atoms with E-state index in [-0.39, 0.29) is 5.82 Å². The van der Waals surface area contributed by atoms with Crippen LogP contribution in [0.5, 0.6) is 0 Å². The van der Waals surface area contributed by atoms with Crippen molar-refractivity contribution in [2.24, 2.45) is 0 Å². The molecular formula is C23H25ClFN7O. The van der Waals surface area contributed by atoms with Gasteiger partial charge in [-0.1, -0.05) is 17.7 Å². The summed E-state index contributed by atoms with van der Waals surface area (Å²) in [5.41, 5.74) is 4.88. The number of aromatic nitrogens is 5. The molecule has 0 unspecified atom stereocenters. The van der Waals surface area contributed by atoms with Gasteiger partial charge in [-0.05, 0) is 37.6 Å². The Bertz CT molecular complexity index is 1300. The Morgan fingerprint density at radius 3 is 2.70 bits per heavy atom. The lowest BCUT2D eigenvalue weighted by molar-refractivity contribution is 0.0343. The number of fused-ring (bicyclic) bond motifs is 1. The molecule has 4 aromatic rings. The smallest absolute Gasteiger partial charge is 0.158 e. The zero-order valence-electron chi connectivity index (χ0n) is 18.5. The van der Waals surface area contributed by atoms with Gasteiger partial charge < -0.3 is 10.1 Å². The quantitative estimate of drug-likeness (QED) is 0.443. The highest BCUT2D eigenvalue weighted by Gasteiger charge is 2.20. The van der Waals surface area contributed by atoms with E-state index in [1.54, 1.807) is 12.1 Å². The van der Waals surface area contributed by atoms with Gasteiger partial charge in [-0.3, -0.25) is 10.00 Å². The summed E-state index contributed by atoms with van der Waals surface area (Å²) < 4.78 is 21.9. The molecule has 4 heterocycles. The van der Waals surface area contributed by atoms with Crippen LogP contribution in [0.15, 0.2) is 30.3 Å². The van der Waals surface area contributed by atoms with Gasteiger partial charge in [0, 0.05) is 42.7 Å². The van der Waals surface area contributed by atoms with E-state index in [1.807, 2.05) is 30.5 Å². The van der Waals surface area contributed by atoms with Crippen LogP contribution in [0.25, 0.3) is 5.65 Å². The number of nitrogens with zero attached hydrogens (tertiary/aromatic N) is 5. The highest BCUT2D eigenvalue weighted by molar-refractivity contribution is 6.30. The fourth-order valence-corrected chi connectivity index (χ4v) is 4.24. The number of aromatic amines is 1. The summed E-state index contributed by atoms with van der Waals surface area (Å²) in [5, 5.41) is 15.6. The van der Waals surface area contributed by atoms with Crippen molar-refractivity contribution in [3.63, 3.8) is 0 Å². The first-order valence-corrected chi connectivity index (χ1v) is 11.3. The molecule has 0 atom stereocenters. The number of imidazole rings is 1. The fourth-order valence-electron chi connectivity index (χ4n) is 4.08. The standard InChI is InChI=1S/C23H25ClFN7O/c1-14-9-21(29-28-14)27-22-11-17(13-31-5-7-33-8-6-31)23-26-15(2)20(32(23)30-22)10-16-3-4-18(24)12-19(16)25/h3-4,9,11-12H,5-8,10,13H2,1-2H3,(H2,27,28,29,30). The molecule has 8 nitrogen and oxygen atoms in total. The van der Waals surface area contributed by atoms with Gasteiger partial charge in [0.15, 0.2) is 11.5 Å². The lowest BCUT2D eigenvalue weighted by Crippen LogP contribution is -2.35. The molecule has 1 saturated heterocycles. The zero-order chi connectivity index (χ0) is 22.9. The maximum atomic E-state index is 14.6. The Labute approximate surface area is 195 Å². The second kappa shape index (κ2) is 9.09. The first-order chi connectivity index (χ1) is 16.0. The zero-order valence-corrected chi connectivity index (χ0v) is 19.3. The van der Waals surface area contributed by atoms with E-state index in [2.05, 4.69) is 20.4 Å². The van der Waals surface area contributed by atoms with Gasteiger partial charge in [-0.25, -0.2) is 13.9 Å². The summed E-state index contributed by atoms with van der Waals surface area (Å²) in [7, 11) is 0. The van der Waals surface area contributed by atoms with Gasteiger partial charge in [0.1, 0.15) is 11.6 Å². The normalized spacial score (nSPS) is 14.8. The highest BCUT2D eigenvalue weighted by Crippen LogP contribution is 2.25. The van der Waals surface area contributed by atoms with Crippen LogP contribution >= 0.6 is 11.6 Å². The van der Waals surface area contributed by atoms with E-state index < -0.39 is 0 Å². The summed E-state index contributed by atoms with van der Waals surface area (Å²) >= 11 is 5.94. The van der Waals surface area contributed by atoms with Crippen molar-refractivity contribution in [1.29, 1.82) is 0 Å². The Balaban J connectivity index is 1.57. The average Bonchev–Trinajstić information content (AvgIpc) is 3.33. The van der Waals surface area contributed by atoms with E-state index in [0.29, 0.717) is 36.0 Å². The molecule has 0 saturated carbocycles. The number of halogens is 2. The molecule has 5 rings (SSSR count). The van der Waals surface area contributed by atoms with Gasteiger partial charge in [0.05, 0.1) is 30.3 Å². The number of ether oxygens (including phenoxy) is 1. The monoisotopic (exact) mass is 469 g/mol. The second-order valence-corrected chi connectivity index (χ2v) is 8.72. The fraction of sp³-hybridized carbons (Fsp3) is 0.348. The number of morpholine rings is 1. The third kappa shape index (κ3) is 4.71. The predicted molar refractivity (Wildman–Crippen MR) is 125 cm³/mol. The third-order valence-electron chi connectivity index (χ3n) is 5.79. The lowest BCUT2D eigenvalue weighted by Gasteiger charge is -2.26. The van der Waals surface area contributed by atoms with Crippen molar-refractivity contribution in [1.82, 2.24) is 29.7 Å². The molecule has 2 N–H and O–H groups in total. The van der Waals surface area contributed by atoms with Crippen molar-refractivity contribution < 1.29 is 9.13 Å². The van der Waals surface area contributed by atoms with Gasteiger partial charge in [0.2, 0.25) is 0 Å². The Morgan fingerprint density at radius 1 is 1.15 bits per heavy atom. The van der Waals surface area contributed by atoms with Crippen molar-refractivity contribution in [3.8, 4) is 0 Å². The summed E-state index contributed by atoms with van der Waals surface area (Å²) in [6.07, 6.45) is 0.354. The van der Waals surface area contributed by atoms with Crippen LogP contribution in [0.1, 0.15) is 28.2 Å². The van der Waals surface area contributed by atoms with E-state index >= 15 is 0 Å². The minimum atomic E-state index is -0.340. The van der Waals surface area contributed by atoms with Crippen LogP contribution in [-0.4, -0.2) is 56.0 Å². The predicted octanol–water partition coefficient (Wildman–Crippen LogP) is 4.03. The number of hydrogen-bond donors (Lipinski definition) is 2. The molecule has 172 valence electrons. The minimum Gasteiger partial charge on any atom is -0.379 e. The second-order valence-electron chi connectivity index (χ2n) is 8.28. The molecule has 1 aromatic carbocycles. The molecule has 1 fully saturated rings. The number of aryl methyl sites for hydroxylation is 2. The largest absolute Gasteiger partial charge is 0.379 e. The van der Waals surface area contributed by atoms with Crippen LogP contribution in [0.4, 0.5) is 16.0 Å². The number of hydrogen-bond acceptors (Lipinski definition) is 6. The van der Waals surface area contributed by atoms with E-state index in [1.165, 1.54) is 6.07 Å². The average molecular weight is 470 g/mol. The molecule has 33 heavy (non-hydrogen) atoms. The first kappa shape index (κ1) is 21.8. The Kier molecular flexibility index (Phi) is 6.01. The molecule has 1 aliphatic heterocycles. The highest BCUT2D eigenvalue weighted by atomic mass is 35.5. The molecule has 0 radical (unpaired) electrons. The number of rotatable bonds is 6. The van der Waals surface area contributed by atoms with E-state index in [4.69, 9.17) is 26.4 Å². The maximum absolute atomic E-state index is 14.6. The number of anilines is 2. The van der Waals surface area contributed by atoms with Crippen LogP contribution in [-0.2, 0) is 17.7 Å². The molecule has 10 heteroatoms. The van der Waals surface area contributed by atoms with Crippen LogP contribution in [0.3, 0.4) is 0 Å². The topological polar surface area (TPSA) is 83.4 Å². The molecule has 0 bridgehead atoms. The molecule has 0 spiro atoms. The maximum Gasteiger partial charge on any atom is 0.158 e. The van der Waals surface area contributed by atoms with Crippen molar-refractivity contribution in [2.45, 2.75) is 26.8 Å². The number of H-pyrrole nitrogens is 1. The van der Waals surface area contributed by atoms with Crippen molar-refractivity contribution in [2.75, 3.05) is 31.6 Å². The minimum absolute atomic E-state index is 0.340. The molecule has 0 amide bonds. The van der Waals surface area contributed by atoms with Gasteiger partial charge in [-0.2, -0.15) is 5.10 Å². The molecular weight excluding hydrogens is 445 g/mol. The van der Waals surface area contributed by atoms with Crippen molar-refractivity contribution in [3.05, 3.63) is 69.4 Å². The molecule has 0 aliphatic carbocycles. The summed E-state index contributed by atoms with van der Waals surface area (Å²) in [6.45, 7) is 7.72. The lowest BCUT2D eigenvalue weighted by atomic mass is 10.1. The van der Waals surface area contributed by atoms with Gasteiger partial charge in [0.25, 0.3) is 0 Å². The van der Waals surface area contributed by atoms with Crippen LogP contribution < -0.4 is 5.32 Å². The van der Waals surface area contributed by atoms with Crippen molar-refractivity contribution >= 4 is 28.9 Å². The molecule has 1 aliphatic rings. The van der Waals surface area contributed by atoms with E-state index in [9.17, 15) is 4.39 Å². The summed E-state index contributed by atoms with van der Waals surface area (Å²) in [6, 6.07) is 8.67. The van der Waals surface area contributed by atoms with E-state index in [0.717, 1.165) is 53.7 Å². The Morgan fingerprint density at radius 2 is 1.97 bits per heavy atom. The molecule has 3 aromatic heterocycles. The van der Waals surface area contributed by atoms with Gasteiger partial charge >= 0.3 is 0 Å². The number of benzene rings is 1. The van der Waals surface area contributed by atoms with Crippen LogP contribution in [0.2, 0.25) is 5.02 Å². The van der Waals surface area contributed by atoms with Gasteiger partial charge in [-0.15, -0.1) is 5.10 Å². The third-order valence-corrected chi connectivity index (χ3v) is 6.03. The summed E-state index contributed by atoms with van der Waals surface area (Å²) in [4.78, 5) is 7.16. The summed E-state index contributed by atoms with van der Waals surface area (Å²) in [5.74, 6) is 1.07. The SMILES string of the molecule is Cc1cc(Nc2cc(CN3CCOCC3)c3nc(C)c(Cc4ccc(Cl)cc4F)n3n2)[nH]n1. The number of nitrogens with one attached hydrogen (secondary N) is 2.